The van der Waals surface area contributed by atoms with Crippen LogP contribution in [0.2, 0.25) is 0 Å². The third-order valence-corrected chi connectivity index (χ3v) is 2.55. The van der Waals surface area contributed by atoms with Crippen LogP contribution in [0, 0.1) is 0 Å². The van der Waals surface area contributed by atoms with E-state index in [1.807, 2.05) is 26.0 Å². The lowest BCUT2D eigenvalue weighted by molar-refractivity contribution is 0.167. The van der Waals surface area contributed by atoms with Gasteiger partial charge in [-0.25, -0.2) is 0 Å². The van der Waals surface area contributed by atoms with Gasteiger partial charge in [-0.05, 0) is 19.4 Å². The number of aliphatic hydroxyl groups is 1. The topological polar surface area (TPSA) is 61.7 Å². The van der Waals surface area contributed by atoms with E-state index in [9.17, 15) is 10.2 Å². The van der Waals surface area contributed by atoms with Crippen LogP contribution in [0.3, 0.4) is 0 Å². The highest BCUT2D eigenvalue weighted by atomic mass is 16.5. The fourth-order valence-corrected chi connectivity index (χ4v) is 1.50. The Hall–Kier alpha value is -1.26. The van der Waals surface area contributed by atoms with Crippen molar-refractivity contribution in [2.75, 3.05) is 13.2 Å². The Balaban J connectivity index is 2.56. The van der Waals surface area contributed by atoms with Crippen LogP contribution in [0.25, 0.3) is 0 Å². The van der Waals surface area contributed by atoms with Gasteiger partial charge in [-0.1, -0.05) is 19.1 Å². The summed E-state index contributed by atoms with van der Waals surface area (Å²) >= 11 is 0. The molecule has 0 saturated heterocycles. The maximum absolute atomic E-state index is 9.91. The van der Waals surface area contributed by atoms with E-state index in [2.05, 4.69) is 5.32 Å². The average molecular weight is 239 g/mol. The standard InChI is InChI=1S/C13H21NO3/c1-3-11(15)9-14-8-10-6-5-7-12(13(10)16)17-4-2/h5-7,11,14-16H,3-4,8-9H2,1-2H3. The lowest BCUT2D eigenvalue weighted by Crippen LogP contribution is -2.25. The number of hydrogen-bond donors (Lipinski definition) is 3. The number of para-hydroxylation sites is 1. The second-order valence-electron chi connectivity index (χ2n) is 3.89. The van der Waals surface area contributed by atoms with Crippen molar-refractivity contribution in [2.24, 2.45) is 0 Å². The molecule has 1 aromatic rings. The summed E-state index contributed by atoms with van der Waals surface area (Å²) in [7, 11) is 0. The Bertz CT molecular complexity index is 341. The average Bonchev–Trinajstić information content (AvgIpc) is 2.33. The number of phenols is 1. The van der Waals surface area contributed by atoms with Crippen molar-refractivity contribution in [2.45, 2.75) is 32.9 Å². The molecule has 0 radical (unpaired) electrons. The second-order valence-corrected chi connectivity index (χ2v) is 3.89. The molecule has 17 heavy (non-hydrogen) atoms. The number of hydrogen-bond acceptors (Lipinski definition) is 4. The Morgan fingerprint density at radius 2 is 2.12 bits per heavy atom. The minimum Gasteiger partial charge on any atom is -0.504 e. The van der Waals surface area contributed by atoms with Crippen LogP contribution in [0.15, 0.2) is 18.2 Å². The van der Waals surface area contributed by atoms with Crippen LogP contribution in [-0.2, 0) is 6.54 Å². The van der Waals surface area contributed by atoms with Gasteiger partial charge in [0.25, 0.3) is 0 Å². The molecule has 1 aromatic carbocycles. The normalized spacial score (nSPS) is 12.4. The lowest BCUT2D eigenvalue weighted by atomic mass is 10.2. The number of rotatable bonds is 7. The van der Waals surface area contributed by atoms with Crippen molar-refractivity contribution in [3.63, 3.8) is 0 Å². The molecule has 4 nitrogen and oxygen atoms in total. The lowest BCUT2D eigenvalue weighted by Gasteiger charge is -2.12. The molecule has 0 spiro atoms. The zero-order valence-corrected chi connectivity index (χ0v) is 10.4. The SMILES string of the molecule is CCOc1cccc(CNCC(O)CC)c1O. The molecule has 0 aromatic heterocycles. The van der Waals surface area contributed by atoms with Gasteiger partial charge in [-0.2, -0.15) is 0 Å². The number of aliphatic hydroxyl groups excluding tert-OH is 1. The maximum Gasteiger partial charge on any atom is 0.162 e. The first-order chi connectivity index (χ1) is 8.19. The minimum absolute atomic E-state index is 0.174. The van der Waals surface area contributed by atoms with Gasteiger partial charge in [0.2, 0.25) is 0 Å². The van der Waals surface area contributed by atoms with Crippen molar-refractivity contribution in [1.29, 1.82) is 0 Å². The zero-order valence-electron chi connectivity index (χ0n) is 10.4. The number of ether oxygens (including phenoxy) is 1. The van der Waals surface area contributed by atoms with Crippen molar-refractivity contribution < 1.29 is 14.9 Å². The number of phenolic OH excluding ortho intramolecular Hbond substituents is 1. The summed E-state index contributed by atoms with van der Waals surface area (Å²) in [6.07, 6.45) is 0.380. The fourth-order valence-electron chi connectivity index (χ4n) is 1.50. The van der Waals surface area contributed by atoms with Crippen LogP contribution in [-0.4, -0.2) is 29.5 Å². The van der Waals surface area contributed by atoms with Gasteiger partial charge in [0.1, 0.15) is 0 Å². The van der Waals surface area contributed by atoms with E-state index in [-0.39, 0.29) is 11.9 Å². The second kappa shape index (κ2) is 7.14. The molecule has 4 heteroatoms. The summed E-state index contributed by atoms with van der Waals surface area (Å²) in [5.41, 5.74) is 0.777. The van der Waals surface area contributed by atoms with Crippen LogP contribution in [0.1, 0.15) is 25.8 Å². The highest BCUT2D eigenvalue weighted by Crippen LogP contribution is 2.29. The van der Waals surface area contributed by atoms with E-state index in [1.54, 1.807) is 6.07 Å². The number of benzene rings is 1. The molecule has 0 bridgehead atoms. The first kappa shape index (κ1) is 13.8. The molecular formula is C13H21NO3. The molecule has 0 saturated carbocycles. The summed E-state index contributed by atoms with van der Waals surface area (Å²) in [4.78, 5) is 0. The third kappa shape index (κ3) is 4.24. The van der Waals surface area contributed by atoms with Gasteiger partial charge in [0, 0.05) is 18.7 Å². The van der Waals surface area contributed by atoms with Gasteiger partial charge in [0.15, 0.2) is 11.5 Å². The third-order valence-electron chi connectivity index (χ3n) is 2.55. The largest absolute Gasteiger partial charge is 0.504 e. The smallest absolute Gasteiger partial charge is 0.162 e. The molecular weight excluding hydrogens is 218 g/mol. The van der Waals surface area contributed by atoms with E-state index in [4.69, 9.17) is 4.74 Å². The quantitative estimate of drug-likeness (QED) is 0.677. The first-order valence-electron chi connectivity index (χ1n) is 6.01. The number of aromatic hydroxyl groups is 1. The summed E-state index contributed by atoms with van der Waals surface area (Å²) in [6.45, 7) is 5.37. The van der Waals surface area contributed by atoms with Crippen LogP contribution >= 0.6 is 0 Å². The van der Waals surface area contributed by atoms with E-state index in [0.717, 1.165) is 12.0 Å². The zero-order chi connectivity index (χ0) is 12.7. The highest BCUT2D eigenvalue weighted by Gasteiger charge is 2.07. The van der Waals surface area contributed by atoms with E-state index in [0.29, 0.717) is 25.4 Å². The molecule has 0 amide bonds. The van der Waals surface area contributed by atoms with Gasteiger partial charge in [-0.15, -0.1) is 0 Å². The summed E-state index contributed by atoms with van der Waals surface area (Å²) < 4.78 is 5.30. The van der Waals surface area contributed by atoms with Crippen molar-refractivity contribution in [1.82, 2.24) is 5.32 Å². The molecule has 0 aliphatic rings. The summed E-state index contributed by atoms with van der Waals surface area (Å²) in [5, 5.41) is 22.4. The monoisotopic (exact) mass is 239 g/mol. The fraction of sp³-hybridized carbons (Fsp3) is 0.538. The predicted molar refractivity (Wildman–Crippen MR) is 67.3 cm³/mol. The summed E-state index contributed by atoms with van der Waals surface area (Å²) in [5.74, 6) is 0.677. The Morgan fingerprint density at radius 3 is 2.76 bits per heavy atom. The van der Waals surface area contributed by atoms with Gasteiger partial charge >= 0.3 is 0 Å². The molecule has 1 rings (SSSR count). The van der Waals surface area contributed by atoms with Crippen molar-refractivity contribution in [3.05, 3.63) is 23.8 Å². The summed E-state index contributed by atoms with van der Waals surface area (Å²) in [6, 6.07) is 5.42. The van der Waals surface area contributed by atoms with Gasteiger partial charge < -0.3 is 20.3 Å². The molecule has 0 aliphatic carbocycles. The van der Waals surface area contributed by atoms with E-state index in [1.165, 1.54) is 0 Å². The predicted octanol–water partition coefficient (Wildman–Crippen LogP) is 1.65. The van der Waals surface area contributed by atoms with Crippen molar-refractivity contribution in [3.8, 4) is 11.5 Å². The molecule has 96 valence electrons. The Labute approximate surface area is 102 Å². The maximum atomic E-state index is 9.91. The molecule has 0 fully saturated rings. The van der Waals surface area contributed by atoms with Crippen LogP contribution in [0.5, 0.6) is 11.5 Å². The Morgan fingerprint density at radius 1 is 1.35 bits per heavy atom. The van der Waals surface area contributed by atoms with E-state index < -0.39 is 0 Å². The Kier molecular flexibility index (Phi) is 5.80. The van der Waals surface area contributed by atoms with Crippen molar-refractivity contribution >= 4 is 0 Å². The minimum atomic E-state index is -0.341. The first-order valence-corrected chi connectivity index (χ1v) is 6.01. The highest BCUT2D eigenvalue weighted by molar-refractivity contribution is 5.45. The molecule has 1 atom stereocenters. The number of nitrogens with one attached hydrogen (secondary N) is 1. The van der Waals surface area contributed by atoms with Crippen LogP contribution < -0.4 is 10.1 Å². The molecule has 0 aliphatic heterocycles. The van der Waals surface area contributed by atoms with Gasteiger partial charge in [0.05, 0.1) is 12.7 Å². The van der Waals surface area contributed by atoms with Gasteiger partial charge in [-0.3, -0.25) is 0 Å². The van der Waals surface area contributed by atoms with E-state index >= 15 is 0 Å². The molecule has 1 unspecified atom stereocenters. The molecule has 3 N–H and O–H groups in total. The molecule has 0 heterocycles. The van der Waals surface area contributed by atoms with Crippen LogP contribution in [0.4, 0.5) is 0 Å².